The summed E-state index contributed by atoms with van der Waals surface area (Å²) in [6, 6.07) is 13.6. The third-order valence-corrected chi connectivity index (χ3v) is 4.82. The number of benzene rings is 2. The van der Waals surface area contributed by atoms with Crippen molar-refractivity contribution in [3.05, 3.63) is 75.6 Å². The molecule has 0 aliphatic heterocycles. The molecule has 0 fully saturated rings. The van der Waals surface area contributed by atoms with Gasteiger partial charge in [-0.15, -0.1) is 11.3 Å². The van der Waals surface area contributed by atoms with Gasteiger partial charge in [-0.25, -0.2) is 4.98 Å². The summed E-state index contributed by atoms with van der Waals surface area (Å²) in [6.45, 7) is 4.11. The van der Waals surface area contributed by atoms with Crippen LogP contribution in [0.5, 0.6) is 0 Å². The first-order valence-electron chi connectivity index (χ1n) is 7.79. The molecule has 3 aromatic rings. The van der Waals surface area contributed by atoms with Gasteiger partial charge >= 0.3 is 0 Å². The van der Waals surface area contributed by atoms with Crippen LogP contribution in [0.25, 0.3) is 17.3 Å². The topological polar surface area (TPSA) is 42.0 Å². The van der Waals surface area contributed by atoms with E-state index in [-0.39, 0.29) is 5.91 Å². The summed E-state index contributed by atoms with van der Waals surface area (Å²) >= 11 is 7.48. The molecule has 25 heavy (non-hydrogen) atoms. The van der Waals surface area contributed by atoms with Crippen molar-refractivity contribution in [1.82, 2.24) is 4.98 Å². The lowest BCUT2D eigenvalue weighted by molar-refractivity contribution is -0.111. The van der Waals surface area contributed by atoms with Crippen LogP contribution in [-0.2, 0) is 4.79 Å². The first-order valence-corrected chi connectivity index (χ1v) is 9.05. The summed E-state index contributed by atoms with van der Waals surface area (Å²) in [5.41, 5.74) is 5.10. The van der Waals surface area contributed by atoms with Crippen LogP contribution < -0.4 is 5.32 Å². The summed E-state index contributed by atoms with van der Waals surface area (Å²) in [4.78, 5) is 16.6. The third-order valence-electron chi connectivity index (χ3n) is 3.72. The monoisotopic (exact) mass is 368 g/mol. The van der Waals surface area contributed by atoms with Crippen molar-refractivity contribution < 1.29 is 4.79 Å². The Morgan fingerprint density at radius 2 is 2.00 bits per heavy atom. The lowest BCUT2D eigenvalue weighted by Crippen LogP contribution is -2.07. The molecule has 0 spiro atoms. The minimum absolute atomic E-state index is 0.234. The zero-order valence-corrected chi connectivity index (χ0v) is 15.5. The molecular weight excluding hydrogens is 352 g/mol. The van der Waals surface area contributed by atoms with E-state index in [0.717, 1.165) is 22.4 Å². The molecule has 1 aromatic heterocycles. The van der Waals surface area contributed by atoms with Crippen molar-refractivity contribution in [2.24, 2.45) is 0 Å². The fourth-order valence-corrected chi connectivity index (χ4v) is 3.30. The number of nitrogens with one attached hydrogen (secondary N) is 1. The van der Waals surface area contributed by atoms with Gasteiger partial charge in [0.2, 0.25) is 5.91 Å². The number of aromatic nitrogens is 1. The summed E-state index contributed by atoms with van der Waals surface area (Å²) < 4.78 is 0. The second kappa shape index (κ2) is 7.64. The van der Waals surface area contributed by atoms with Gasteiger partial charge in [0.05, 0.1) is 5.69 Å². The van der Waals surface area contributed by atoms with Crippen LogP contribution in [0.2, 0.25) is 5.02 Å². The van der Waals surface area contributed by atoms with Gasteiger partial charge in [0, 0.05) is 22.0 Å². The zero-order valence-electron chi connectivity index (χ0n) is 13.9. The molecule has 0 saturated carbocycles. The summed E-state index contributed by atoms with van der Waals surface area (Å²) in [6.07, 6.45) is 3.15. The molecule has 126 valence electrons. The average Bonchev–Trinajstić information content (AvgIpc) is 3.04. The number of carbonyl (C=O) groups is 1. The van der Waals surface area contributed by atoms with E-state index in [9.17, 15) is 4.79 Å². The minimum atomic E-state index is -0.234. The van der Waals surface area contributed by atoms with E-state index in [1.54, 1.807) is 12.1 Å². The molecule has 0 saturated heterocycles. The molecule has 5 heteroatoms. The van der Waals surface area contributed by atoms with E-state index in [0.29, 0.717) is 10.2 Å². The fourth-order valence-electron chi connectivity index (χ4n) is 2.39. The highest BCUT2D eigenvalue weighted by Gasteiger charge is 2.09. The number of amides is 1. The molecule has 0 atom stereocenters. The highest BCUT2D eigenvalue weighted by molar-refractivity contribution is 7.14. The SMILES string of the molecule is Cc1ccc(C)c(-c2csc(NC(=O)/C=C/c3ccccc3Cl)n2)c1. The maximum absolute atomic E-state index is 12.1. The first-order chi connectivity index (χ1) is 12.0. The predicted molar refractivity (Wildman–Crippen MR) is 106 cm³/mol. The first kappa shape index (κ1) is 17.4. The number of anilines is 1. The Morgan fingerprint density at radius 1 is 1.20 bits per heavy atom. The van der Waals surface area contributed by atoms with Crippen LogP contribution in [0, 0.1) is 13.8 Å². The van der Waals surface area contributed by atoms with Crippen LogP contribution in [0.4, 0.5) is 5.13 Å². The fraction of sp³-hybridized carbons (Fsp3) is 0.100. The largest absolute Gasteiger partial charge is 0.298 e. The van der Waals surface area contributed by atoms with Gasteiger partial charge in [-0.1, -0.05) is 47.5 Å². The Labute approximate surface area is 156 Å². The lowest BCUT2D eigenvalue weighted by atomic mass is 10.0. The summed E-state index contributed by atoms with van der Waals surface area (Å²) in [7, 11) is 0. The van der Waals surface area contributed by atoms with E-state index in [1.165, 1.54) is 23.0 Å². The highest BCUT2D eigenvalue weighted by atomic mass is 35.5. The van der Waals surface area contributed by atoms with Gasteiger partial charge in [-0.2, -0.15) is 0 Å². The van der Waals surface area contributed by atoms with E-state index in [1.807, 2.05) is 23.6 Å². The molecule has 0 unspecified atom stereocenters. The van der Waals surface area contributed by atoms with Crippen LogP contribution in [0.3, 0.4) is 0 Å². The maximum atomic E-state index is 12.1. The molecule has 3 nitrogen and oxygen atoms in total. The Kier molecular flexibility index (Phi) is 5.31. The standard InChI is InChI=1S/C20H17ClN2OS/c1-13-7-8-14(2)16(11-13)18-12-25-20(22-18)23-19(24)10-9-15-5-3-4-6-17(15)21/h3-12H,1-2H3,(H,22,23,24)/b10-9+. The molecular formula is C20H17ClN2OS. The normalized spacial score (nSPS) is 11.0. The molecule has 3 rings (SSSR count). The molecule has 1 N–H and O–H groups in total. The highest BCUT2D eigenvalue weighted by Crippen LogP contribution is 2.28. The van der Waals surface area contributed by atoms with Crippen molar-refractivity contribution in [2.45, 2.75) is 13.8 Å². The van der Waals surface area contributed by atoms with Crippen molar-refractivity contribution in [3.63, 3.8) is 0 Å². The van der Waals surface area contributed by atoms with E-state index >= 15 is 0 Å². The number of thiazole rings is 1. The third kappa shape index (κ3) is 4.35. The Balaban J connectivity index is 1.72. The molecule has 2 aromatic carbocycles. The van der Waals surface area contributed by atoms with Crippen molar-refractivity contribution >= 4 is 40.1 Å². The van der Waals surface area contributed by atoms with Crippen molar-refractivity contribution in [1.29, 1.82) is 0 Å². The van der Waals surface area contributed by atoms with Gasteiger partial charge in [0.15, 0.2) is 5.13 Å². The Bertz CT molecular complexity index is 946. The molecule has 1 amide bonds. The van der Waals surface area contributed by atoms with E-state index < -0.39 is 0 Å². The Hall–Kier alpha value is -2.43. The minimum Gasteiger partial charge on any atom is -0.298 e. The predicted octanol–water partition coefficient (Wildman–Crippen LogP) is 5.73. The molecule has 1 heterocycles. The number of carbonyl (C=O) groups excluding carboxylic acids is 1. The second-order valence-corrected chi connectivity index (χ2v) is 6.97. The molecule has 0 aliphatic carbocycles. The Morgan fingerprint density at radius 3 is 2.80 bits per heavy atom. The zero-order chi connectivity index (χ0) is 17.8. The van der Waals surface area contributed by atoms with Crippen LogP contribution >= 0.6 is 22.9 Å². The smallest absolute Gasteiger partial charge is 0.250 e. The van der Waals surface area contributed by atoms with Crippen molar-refractivity contribution in [2.75, 3.05) is 5.32 Å². The van der Waals surface area contributed by atoms with Gasteiger partial charge in [-0.05, 0) is 43.2 Å². The van der Waals surface area contributed by atoms with Crippen LogP contribution in [0.15, 0.2) is 53.9 Å². The van der Waals surface area contributed by atoms with Crippen LogP contribution in [0.1, 0.15) is 16.7 Å². The number of hydrogen-bond donors (Lipinski definition) is 1. The van der Waals surface area contributed by atoms with Gasteiger partial charge in [0.1, 0.15) is 0 Å². The number of nitrogens with zero attached hydrogens (tertiary/aromatic N) is 1. The molecule has 0 bridgehead atoms. The number of rotatable bonds is 4. The second-order valence-electron chi connectivity index (χ2n) is 5.70. The van der Waals surface area contributed by atoms with Crippen LogP contribution in [-0.4, -0.2) is 10.9 Å². The summed E-state index contributed by atoms with van der Waals surface area (Å²) in [5, 5.41) is 5.93. The van der Waals surface area contributed by atoms with E-state index in [4.69, 9.17) is 11.6 Å². The van der Waals surface area contributed by atoms with E-state index in [2.05, 4.69) is 42.3 Å². The molecule has 0 aliphatic rings. The number of aryl methyl sites for hydroxylation is 2. The van der Waals surface area contributed by atoms with Crippen molar-refractivity contribution in [3.8, 4) is 11.3 Å². The van der Waals surface area contributed by atoms with Gasteiger partial charge in [-0.3, -0.25) is 10.1 Å². The number of halogens is 1. The van der Waals surface area contributed by atoms with Gasteiger partial charge in [0.25, 0.3) is 0 Å². The lowest BCUT2D eigenvalue weighted by Gasteiger charge is -2.03. The van der Waals surface area contributed by atoms with Gasteiger partial charge < -0.3 is 0 Å². The quantitative estimate of drug-likeness (QED) is 0.597. The summed E-state index contributed by atoms with van der Waals surface area (Å²) in [5.74, 6) is -0.234. The number of hydrogen-bond acceptors (Lipinski definition) is 3. The maximum Gasteiger partial charge on any atom is 0.250 e. The molecule has 0 radical (unpaired) electrons. The average molecular weight is 369 g/mol.